The average Bonchev–Trinajstić information content (AvgIpc) is 2.66. The van der Waals surface area contributed by atoms with Crippen molar-refractivity contribution in [2.75, 3.05) is 79.8 Å². The quantitative estimate of drug-likeness (QED) is 0.283. The van der Waals surface area contributed by atoms with Gasteiger partial charge in [-0.25, -0.2) is 0 Å². The molecule has 7 heteroatoms. The molecular weight excluding hydrogens is 342 g/mol. The number of aliphatic imine (C=N–C) groups is 1. The fourth-order valence-electron chi connectivity index (χ4n) is 3.28. The molecule has 1 rings (SSSR count). The number of nitrogens with zero attached hydrogens (tertiary/aromatic N) is 3. The van der Waals surface area contributed by atoms with Crippen molar-refractivity contribution < 1.29 is 9.47 Å². The van der Waals surface area contributed by atoms with Gasteiger partial charge in [-0.3, -0.25) is 9.89 Å². The third kappa shape index (κ3) is 11.5. The molecule has 1 saturated heterocycles. The zero-order chi connectivity index (χ0) is 19.9. The highest BCUT2D eigenvalue weighted by Gasteiger charge is 2.21. The summed E-state index contributed by atoms with van der Waals surface area (Å²) in [4.78, 5) is 9.73. The topological polar surface area (TPSA) is 61.4 Å². The van der Waals surface area contributed by atoms with Gasteiger partial charge in [0.05, 0.1) is 26.4 Å². The fourth-order valence-corrected chi connectivity index (χ4v) is 3.28. The highest BCUT2D eigenvalue weighted by Crippen LogP contribution is 2.14. The molecular formula is C20H43N5O2. The van der Waals surface area contributed by atoms with Crippen molar-refractivity contribution in [3.05, 3.63) is 0 Å². The Bertz CT molecular complexity index is 387. The van der Waals surface area contributed by atoms with Crippen LogP contribution in [0.2, 0.25) is 0 Å². The van der Waals surface area contributed by atoms with Gasteiger partial charge >= 0.3 is 0 Å². The Balaban J connectivity index is 2.45. The maximum absolute atomic E-state index is 5.51. The first-order valence-electron chi connectivity index (χ1n) is 10.6. The van der Waals surface area contributed by atoms with Crippen molar-refractivity contribution in [3.8, 4) is 0 Å². The standard InChI is InChI=1S/C20H43N5O2/c1-6-21-20(22-8-7-9-24(4)10-13-26-5)23-17-19(16-18(2)3)25-11-14-27-15-12-25/h18-19H,6-17H2,1-5H3,(H2,21,22,23). The van der Waals surface area contributed by atoms with E-state index in [2.05, 4.69) is 48.3 Å². The minimum atomic E-state index is 0.490. The van der Waals surface area contributed by atoms with Gasteiger partial charge < -0.3 is 25.0 Å². The third-order valence-electron chi connectivity index (χ3n) is 4.80. The Hall–Kier alpha value is -0.890. The number of nitrogens with one attached hydrogen (secondary N) is 2. The summed E-state index contributed by atoms with van der Waals surface area (Å²) in [5.74, 6) is 1.60. The maximum atomic E-state index is 5.51. The van der Waals surface area contributed by atoms with Gasteiger partial charge in [-0.15, -0.1) is 0 Å². The van der Waals surface area contributed by atoms with E-state index in [0.717, 1.165) is 78.0 Å². The highest BCUT2D eigenvalue weighted by atomic mass is 16.5. The van der Waals surface area contributed by atoms with Crippen LogP contribution in [0.5, 0.6) is 0 Å². The minimum absolute atomic E-state index is 0.490. The molecule has 1 aliphatic heterocycles. The lowest BCUT2D eigenvalue weighted by molar-refractivity contribution is 0.0143. The number of likely N-dealkylation sites (N-methyl/N-ethyl adjacent to an activating group) is 1. The Morgan fingerprint density at radius 3 is 2.59 bits per heavy atom. The van der Waals surface area contributed by atoms with E-state index in [1.54, 1.807) is 7.11 Å². The smallest absolute Gasteiger partial charge is 0.191 e. The molecule has 0 aromatic heterocycles. The monoisotopic (exact) mass is 385 g/mol. The molecule has 7 nitrogen and oxygen atoms in total. The third-order valence-corrected chi connectivity index (χ3v) is 4.80. The van der Waals surface area contributed by atoms with Gasteiger partial charge in [0, 0.05) is 45.9 Å². The highest BCUT2D eigenvalue weighted by molar-refractivity contribution is 5.79. The summed E-state index contributed by atoms with van der Waals surface area (Å²) in [6.07, 6.45) is 2.26. The summed E-state index contributed by atoms with van der Waals surface area (Å²) < 4.78 is 10.6. The second kappa shape index (κ2) is 15.1. The predicted molar refractivity (Wildman–Crippen MR) is 114 cm³/mol. The van der Waals surface area contributed by atoms with Crippen LogP contribution in [0.25, 0.3) is 0 Å². The summed E-state index contributed by atoms with van der Waals surface area (Å²) >= 11 is 0. The Morgan fingerprint density at radius 1 is 1.22 bits per heavy atom. The molecule has 1 unspecified atom stereocenters. The molecule has 0 aromatic rings. The second-order valence-corrected chi connectivity index (χ2v) is 7.73. The lowest BCUT2D eigenvalue weighted by Gasteiger charge is -2.34. The van der Waals surface area contributed by atoms with Crippen LogP contribution in [0, 0.1) is 5.92 Å². The van der Waals surface area contributed by atoms with E-state index in [1.807, 2.05) is 0 Å². The normalized spacial score (nSPS) is 17.5. The zero-order valence-electron chi connectivity index (χ0n) is 18.3. The van der Waals surface area contributed by atoms with Gasteiger partial charge in [0.25, 0.3) is 0 Å². The van der Waals surface area contributed by atoms with E-state index in [1.165, 1.54) is 6.42 Å². The lowest BCUT2D eigenvalue weighted by atomic mass is 10.0. The van der Waals surface area contributed by atoms with Crippen LogP contribution in [-0.2, 0) is 9.47 Å². The van der Waals surface area contributed by atoms with Crippen LogP contribution in [-0.4, -0.2) is 102 Å². The molecule has 1 atom stereocenters. The van der Waals surface area contributed by atoms with Crippen LogP contribution >= 0.6 is 0 Å². The number of hydrogen-bond donors (Lipinski definition) is 2. The van der Waals surface area contributed by atoms with Gasteiger partial charge in [-0.1, -0.05) is 13.8 Å². The molecule has 160 valence electrons. The van der Waals surface area contributed by atoms with Gasteiger partial charge in [-0.2, -0.15) is 0 Å². The van der Waals surface area contributed by atoms with E-state index in [9.17, 15) is 0 Å². The largest absolute Gasteiger partial charge is 0.383 e. The summed E-state index contributed by atoms with van der Waals surface area (Å²) in [6, 6.07) is 0.490. The molecule has 0 amide bonds. The lowest BCUT2D eigenvalue weighted by Crippen LogP contribution is -2.46. The van der Waals surface area contributed by atoms with Gasteiger partial charge in [-0.05, 0) is 39.3 Å². The Labute approximate surface area is 166 Å². The van der Waals surface area contributed by atoms with E-state index in [4.69, 9.17) is 14.5 Å². The molecule has 1 fully saturated rings. The number of rotatable bonds is 13. The predicted octanol–water partition coefficient (Wildman–Crippen LogP) is 1.26. The van der Waals surface area contributed by atoms with Crippen molar-refractivity contribution in [2.24, 2.45) is 10.9 Å². The molecule has 0 radical (unpaired) electrons. The van der Waals surface area contributed by atoms with E-state index in [-0.39, 0.29) is 0 Å². The first kappa shape index (κ1) is 24.1. The average molecular weight is 386 g/mol. The molecule has 0 bridgehead atoms. The summed E-state index contributed by atoms with van der Waals surface area (Å²) in [5, 5.41) is 6.86. The molecule has 1 heterocycles. The van der Waals surface area contributed by atoms with Crippen molar-refractivity contribution >= 4 is 5.96 Å². The van der Waals surface area contributed by atoms with Gasteiger partial charge in [0.1, 0.15) is 0 Å². The first-order chi connectivity index (χ1) is 13.1. The molecule has 0 saturated carbocycles. The number of hydrogen-bond acceptors (Lipinski definition) is 5. The molecule has 0 spiro atoms. The minimum Gasteiger partial charge on any atom is -0.383 e. The van der Waals surface area contributed by atoms with Crippen LogP contribution in [0.15, 0.2) is 4.99 Å². The van der Waals surface area contributed by atoms with Crippen LogP contribution in [0.4, 0.5) is 0 Å². The zero-order valence-corrected chi connectivity index (χ0v) is 18.3. The van der Waals surface area contributed by atoms with E-state index < -0.39 is 0 Å². The number of guanidine groups is 1. The second-order valence-electron chi connectivity index (χ2n) is 7.73. The maximum Gasteiger partial charge on any atom is 0.191 e. The summed E-state index contributed by atoms with van der Waals surface area (Å²) in [7, 11) is 3.88. The first-order valence-corrected chi connectivity index (χ1v) is 10.6. The number of morpholine rings is 1. The fraction of sp³-hybridized carbons (Fsp3) is 0.950. The summed E-state index contributed by atoms with van der Waals surface area (Å²) in [6.45, 7) is 15.9. The van der Waals surface area contributed by atoms with Crippen LogP contribution < -0.4 is 10.6 Å². The SMILES string of the molecule is CCNC(=NCC(CC(C)C)N1CCOCC1)NCCCN(C)CCOC. The van der Waals surface area contributed by atoms with Crippen molar-refractivity contribution in [1.82, 2.24) is 20.4 Å². The number of ether oxygens (including phenoxy) is 2. The van der Waals surface area contributed by atoms with Crippen LogP contribution in [0.1, 0.15) is 33.6 Å². The van der Waals surface area contributed by atoms with E-state index in [0.29, 0.717) is 12.0 Å². The van der Waals surface area contributed by atoms with Crippen molar-refractivity contribution in [2.45, 2.75) is 39.7 Å². The molecule has 27 heavy (non-hydrogen) atoms. The summed E-state index contributed by atoms with van der Waals surface area (Å²) in [5.41, 5.74) is 0. The van der Waals surface area contributed by atoms with Crippen molar-refractivity contribution in [3.63, 3.8) is 0 Å². The molecule has 0 aromatic carbocycles. The Morgan fingerprint density at radius 2 is 1.96 bits per heavy atom. The van der Waals surface area contributed by atoms with E-state index >= 15 is 0 Å². The molecule has 1 aliphatic rings. The van der Waals surface area contributed by atoms with Crippen LogP contribution in [0.3, 0.4) is 0 Å². The number of methoxy groups -OCH3 is 1. The van der Waals surface area contributed by atoms with Crippen molar-refractivity contribution in [1.29, 1.82) is 0 Å². The molecule has 0 aliphatic carbocycles. The van der Waals surface area contributed by atoms with Gasteiger partial charge in [0.2, 0.25) is 0 Å². The Kier molecular flexibility index (Phi) is 13.5. The van der Waals surface area contributed by atoms with Gasteiger partial charge in [0.15, 0.2) is 5.96 Å². The molecule has 2 N–H and O–H groups in total.